The number of aryl methyl sites for hydroxylation is 2. The number of anilines is 1. The number of ether oxygens (including phenoxy) is 1. The summed E-state index contributed by atoms with van der Waals surface area (Å²) in [6, 6.07) is 4.20. The molecule has 3 aliphatic rings. The summed E-state index contributed by atoms with van der Waals surface area (Å²) < 4.78 is 5.36. The molecule has 0 spiro atoms. The summed E-state index contributed by atoms with van der Waals surface area (Å²) in [7, 11) is 0. The highest BCUT2D eigenvalue weighted by Gasteiger charge is 2.23. The number of nitrogens with one attached hydrogen (secondary N) is 3. The standard InChI is InChI=1S/C18H27N5O2/c24-23-17-13-15-5-2-1-4-14(15)12-16(17)20-18(21-23)19-6-3-7-22-8-10-25-11-9-22/h12-13,23H,1-11H2,(H2,19,20,21). The molecule has 1 fully saturated rings. The Hall–Kier alpha value is -1.67. The number of fused-ring (bicyclic) bond motifs is 2. The average Bonchev–Trinajstić information content (AvgIpc) is 2.65. The second kappa shape index (κ2) is 7.70. The first kappa shape index (κ1) is 16.8. The highest BCUT2D eigenvalue weighted by atomic mass is 16.5. The summed E-state index contributed by atoms with van der Waals surface area (Å²) in [6.45, 7) is 5.40. The monoisotopic (exact) mass is 345 g/mol. The largest absolute Gasteiger partial charge is 0.603 e. The maximum atomic E-state index is 12.4. The second-order valence-corrected chi connectivity index (χ2v) is 6.99. The lowest BCUT2D eigenvalue weighted by Gasteiger charge is -2.32. The van der Waals surface area contributed by atoms with E-state index in [0.717, 1.165) is 63.5 Å². The maximum Gasteiger partial charge on any atom is 0.243 e. The lowest BCUT2D eigenvalue weighted by molar-refractivity contribution is -0.816. The zero-order valence-corrected chi connectivity index (χ0v) is 14.6. The molecule has 0 amide bonds. The van der Waals surface area contributed by atoms with E-state index in [9.17, 15) is 5.21 Å². The van der Waals surface area contributed by atoms with Crippen molar-refractivity contribution in [2.45, 2.75) is 32.1 Å². The Bertz CT molecular complexity index is 643. The Morgan fingerprint density at radius 2 is 1.92 bits per heavy atom. The third-order valence-electron chi connectivity index (χ3n) is 5.22. The SMILES string of the molecule is [O-][NH+]1NC(=NCCCN2CCOCC2)Nc2cc3c(cc21)CCCC3. The van der Waals surface area contributed by atoms with Crippen molar-refractivity contribution in [2.75, 3.05) is 44.7 Å². The molecule has 3 N–H and O–H groups in total. The van der Waals surface area contributed by atoms with Crippen molar-refractivity contribution in [3.05, 3.63) is 28.5 Å². The van der Waals surface area contributed by atoms with Gasteiger partial charge < -0.3 is 15.3 Å². The van der Waals surface area contributed by atoms with Crippen molar-refractivity contribution in [1.82, 2.24) is 10.3 Å². The Labute approximate surface area is 148 Å². The Kier molecular flexibility index (Phi) is 5.17. The highest BCUT2D eigenvalue weighted by molar-refractivity contribution is 5.96. The van der Waals surface area contributed by atoms with Crippen molar-refractivity contribution in [2.24, 2.45) is 4.99 Å². The molecule has 0 radical (unpaired) electrons. The van der Waals surface area contributed by atoms with Crippen LogP contribution in [0.4, 0.5) is 11.4 Å². The number of aliphatic imine (C=N–C) groups is 1. The number of quaternary nitrogens is 1. The van der Waals surface area contributed by atoms with E-state index in [2.05, 4.69) is 32.8 Å². The molecule has 2 aliphatic heterocycles. The van der Waals surface area contributed by atoms with Gasteiger partial charge in [-0.25, -0.2) is 10.2 Å². The van der Waals surface area contributed by atoms with Crippen LogP contribution in [0, 0.1) is 5.21 Å². The zero-order chi connectivity index (χ0) is 17.1. The Balaban J connectivity index is 1.36. The molecular formula is C18H27N5O2. The average molecular weight is 345 g/mol. The first-order valence-corrected chi connectivity index (χ1v) is 9.38. The molecule has 2 heterocycles. The van der Waals surface area contributed by atoms with Gasteiger partial charge in [0.15, 0.2) is 5.69 Å². The van der Waals surface area contributed by atoms with Gasteiger partial charge in [0.2, 0.25) is 5.96 Å². The van der Waals surface area contributed by atoms with Gasteiger partial charge in [0.1, 0.15) is 5.69 Å². The number of morpholine rings is 1. The van der Waals surface area contributed by atoms with Crippen LogP contribution in [0.3, 0.4) is 0 Å². The normalized spacial score (nSPS) is 25.0. The first-order valence-electron chi connectivity index (χ1n) is 9.38. The molecule has 0 bridgehead atoms. The van der Waals surface area contributed by atoms with Gasteiger partial charge >= 0.3 is 0 Å². The van der Waals surface area contributed by atoms with Crippen LogP contribution in [0.5, 0.6) is 0 Å². The fourth-order valence-electron chi connectivity index (χ4n) is 3.80. The molecule has 1 aliphatic carbocycles. The quantitative estimate of drug-likeness (QED) is 0.550. The smallest absolute Gasteiger partial charge is 0.243 e. The van der Waals surface area contributed by atoms with Gasteiger partial charge in [-0.3, -0.25) is 4.90 Å². The van der Waals surface area contributed by atoms with Gasteiger partial charge in [0.25, 0.3) is 0 Å². The lowest BCUT2D eigenvalue weighted by Crippen LogP contribution is -3.11. The van der Waals surface area contributed by atoms with Crippen LogP contribution in [0.2, 0.25) is 0 Å². The zero-order valence-electron chi connectivity index (χ0n) is 14.6. The van der Waals surface area contributed by atoms with E-state index in [4.69, 9.17) is 4.74 Å². The van der Waals surface area contributed by atoms with Crippen molar-refractivity contribution in [1.29, 1.82) is 0 Å². The number of guanidine groups is 1. The van der Waals surface area contributed by atoms with Gasteiger partial charge in [-0.05, 0) is 49.3 Å². The molecule has 25 heavy (non-hydrogen) atoms. The van der Waals surface area contributed by atoms with Crippen LogP contribution in [0.1, 0.15) is 30.4 Å². The molecule has 1 atom stereocenters. The predicted molar refractivity (Wildman–Crippen MR) is 98.0 cm³/mol. The van der Waals surface area contributed by atoms with Gasteiger partial charge in [0.05, 0.1) is 13.2 Å². The number of nitrogens with zero attached hydrogens (tertiary/aromatic N) is 2. The molecule has 1 saturated heterocycles. The van der Waals surface area contributed by atoms with Gasteiger partial charge in [0, 0.05) is 32.2 Å². The fourth-order valence-corrected chi connectivity index (χ4v) is 3.80. The molecule has 1 unspecified atom stereocenters. The number of hydrogen-bond acceptors (Lipinski definition) is 4. The Morgan fingerprint density at radius 3 is 2.72 bits per heavy atom. The minimum atomic E-state index is -0.0472. The van der Waals surface area contributed by atoms with E-state index in [0.29, 0.717) is 12.5 Å². The van der Waals surface area contributed by atoms with Crippen LogP contribution >= 0.6 is 0 Å². The minimum Gasteiger partial charge on any atom is -0.603 e. The summed E-state index contributed by atoms with van der Waals surface area (Å²) >= 11 is 0. The molecule has 1 aromatic rings. The van der Waals surface area contributed by atoms with E-state index in [-0.39, 0.29) is 5.17 Å². The molecule has 0 saturated carbocycles. The molecular weight excluding hydrogens is 318 g/mol. The fraction of sp³-hybridized carbons (Fsp3) is 0.611. The van der Waals surface area contributed by atoms with Gasteiger partial charge in [-0.15, -0.1) is 0 Å². The maximum absolute atomic E-state index is 12.4. The van der Waals surface area contributed by atoms with Crippen LogP contribution in [0.25, 0.3) is 0 Å². The van der Waals surface area contributed by atoms with E-state index < -0.39 is 0 Å². The first-order chi connectivity index (χ1) is 12.3. The summed E-state index contributed by atoms with van der Waals surface area (Å²) in [5.41, 5.74) is 7.23. The van der Waals surface area contributed by atoms with E-state index in [1.165, 1.54) is 24.0 Å². The van der Waals surface area contributed by atoms with Crippen LogP contribution < -0.4 is 15.9 Å². The molecule has 136 valence electrons. The van der Waals surface area contributed by atoms with Gasteiger partial charge in [-0.1, -0.05) is 0 Å². The molecule has 0 aromatic heterocycles. The van der Waals surface area contributed by atoms with Crippen molar-refractivity contribution >= 4 is 17.3 Å². The van der Waals surface area contributed by atoms with Gasteiger partial charge in [-0.2, -0.15) is 5.43 Å². The summed E-state index contributed by atoms with van der Waals surface area (Å²) in [5.74, 6) is 0.579. The topological polar surface area (TPSA) is 76.4 Å². The van der Waals surface area contributed by atoms with Crippen LogP contribution in [-0.4, -0.2) is 50.3 Å². The molecule has 4 rings (SSSR count). The number of benzene rings is 1. The number of hydrogen-bond donors (Lipinski definition) is 3. The lowest BCUT2D eigenvalue weighted by atomic mass is 9.90. The predicted octanol–water partition coefficient (Wildman–Crippen LogP) is 0.588. The third kappa shape index (κ3) is 3.95. The van der Waals surface area contributed by atoms with E-state index in [1.807, 2.05) is 0 Å². The molecule has 1 aromatic carbocycles. The summed E-state index contributed by atoms with van der Waals surface area (Å²) in [6.07, 6.45) is 5.63. The number of rotatable bonds is 4. The van der Waals surface area contributed by atoms with E-state index >= 15 is 0 Å². The minimum absolute atomic E-state index is 0.0472. The highest BCUT2D eigenvalue weighted by Crippen LogP contribution is 2.29. The Morgan fingerprint density at radius 1 is 1.16 bits per heavy atom. The summed E-state index contributed by atoms with van der Waals surface area (Å²) in [4.78, 5) is 6.95. The van der Waals surface area contributed by atoms with E-state index in [1.54, 1.807) is 0 Å². The molecule has 7 nitrogen and oxygen atoms in total. The van der Waals surface area contributed by atoms with Crippen LogP contribution in [0.15, 0.2) is 17.1 Å². The molecule has 7 heteroatoms. The van der Waals surface area contributed by atoms with Crippen molar-refractivity contribution in [3.63, 3.8) is 0 Å². The third-order valence-corrected chi connectivity index (χ3v) is 5.22. The summed E-state index contributed by atoms with van der Waals surface area (Å²) in [5, 5.41) is 15.7. The van der Waals surface area contributed by atoms with Crippen molar-refractivity contribution in [3.8, 4) is 0 Å². The van der Waals surface area contributed by atoms with Crippen LogP contribution in [-0.2, 0) is 17.6 Å². The van der Waals surface area contributed by atoms with Crippen molar-refractivity contribution < 1.29 is 9.91 Å². The second-order valence-electron chi connectivity index (χ2n) is 6.99.